The summed E-state index contributed by atoms with van der Waals surface area (Å²) in [6.07, 6.45) is -3.05. The van der Waals surface area contributed by atoms with Crippen LogP contribution in [0.5, 0.6) is 0 Å². The average Bonchev–Trinajstić information content (AvgIpc) is 2.83. The van der Waals surface area contributed by atoms with Gasteiger partial charge in [-0.2, -0.15) is 17.5 Å². The SMILES string of the molecule is CNCc1ccc(Sc2ncns2)c(C(F)(F)F)c1. The van der Waals surface area contributed by atoms with Gasteiger partial charge in [-0.05, 0) is 36.3 Å². The normalized spacial score (nSPS) is 11.8. The van der Waals surface area contributed by atoms with Gasteiger partial charge in [0.25, 0.3) is 0 Å². The molecule has 0 radical (unpaired) electrons. The van der Waals surface area contributed by atoms with Gasteiger partial charge in [-0.3, -0.25) is 0 Å². The molecule has 0 saturated carbocycles. The van der Waals surface area contributed by atoms with Crippen molar-refractivity contribution >= 4 is 23.3 Å². The zero-order valence-electron chi connectivity index (χ0n) is 9.86. The molecule has 0 saturated heterocycles. The Balaban J connectivity index is 2.36. The van der Waals surface area contributed by atoms with Crippen LogP contribution in [0.4, 0.5) is 13.2 Å². The molecule has 2 aromatic rings. The predicted octanol–water partition coefficient (Wildman–Crippen LogP) is 3.43. The Morgan fingerprint density at radius 3 is 2.74 bits per heavy atom. The molecule has 0 amide bonds. The maximum absolute atomic E-state index is 13.0. The van der Waals surface area contributed by atoms with Crippen molar-refractivity contribution in [1.29, 1.82) is 0 Å². The molecule has 0 spiro atoms. The lowest BCUT2D eigenvalue weighted by Crippen LogP contribution is -2.10. The summed E-state index contributed by atoms with van der Waals surface area (Å²) in [6, 6.07) is 4.32. The van der Waals surface area contributed by atoms with Crippen molar-refractivity contribution in [3.05, 3.63) is 35.7 Å². The molecule has 2 rings (SSSR count). The summed E-state index contributed by atoms with van der Waals surface area (Å²) < 4.78 is 43.4. The van der Waals surface area contributed by atoms with Crippen molar-refractivity contribution in [3.63, 3.8) is 0 Å². The second-order valence-electron chi connectivity index (χ2n) is 3.67. The van der Waals surface area contributed by atoms with E-state index in [9.17, 15) is 13.2 Å². The fourth-order valence-corrected chi connectivity index (χ4v) is 3.04. The molecular formula is C11H10F3N3S2. The highest BCUT2D eigenvalue weighted by Gasteiger charge is 2.34. The minimum atomic E-state index is -4.38. The smallest absolute Gasteiger partial charge is 0.316 e. The van der Waals surface area contributed by atoms with Crippen LogP contribution in [0.15, 0.2) is 33.8 Å². The van der Waals surface area contributed by atoms with Gasteiger partial charge in [0.05, 0.1) is 5.56 Å². The number of nitrogens with zero attached hydrogens (tertiary/aromatic N) is 2. The molecule has 102 valence electrons. The van der Waals surface area contributed by atoms with Crippen LogP contribution < -0.4 is 5.32 Å². The van der Waals surface area contributed by atoms with Gasteiger partial charge in [0.1, 0.15) is 6.33 Å². The molecule has 0 atom stereocenters. The lowest BCUT2D eigenvalue weighted by Gasteiger charge is -2.13. The van der Waals surface area contributed by atoms with Crippen molar-refractivity contribution < 1.29 is 13.2 Å². The van der Waals surface area contributed by atoms with Crippen molar-refractivity contribution in [1.82, 2.24) is 14.7 Å². The maximum Gasteiger partial charge on any atom is 0.417 e. The molecule has 8 heteroatoms. The molecule has 1 aromatic carbocycles. The second-order valence-corrected chi connectivity index (χ2v) is 5.74. The summed E-state index contributed by atoms with van der Waals surface area (Å²) in [5.74, 6) is 0. The molecule has 0 bridgehead atoms. The van der Waals surface area contributed by atoms with Crippen LogP contribution >= 0.6 is 23.3 Å². The molecule has 1 aromatic heterocycles. The zero-order valence-corrected chi connectivity index (χ0v) is 11.5. The van der Waals surface area contributed by atoms with E-state index >= 15 is 0 Å². The minimum Gasteiger partial charge on any atom is -0.316 e. The van der Waals surface area contributed by atoms with Gasteiger partial charge in [0, 0.05) is 11.4 Å². The molecular weight excluding hydrogens is 295 g/mol. The quantitative estimate of drug-likeness (QED) is 0.939. The number of halogens is 3. The molecule has 1 N–H and O–H groups in total. The Morgan fingerprint density at radius 1 is 1.37 bits per heavy atom. The summed E-state index contributed by atoms with van der Waals surface area (Å²) in [5, 5.41) is 2.83. The Kier molecular flexibility index (Phi) is 4.43. The van der Waals surface area contributed by atoms with E-state index in [1.54, 1.807) is 13.1 Å². The van der Waals surface area contributed by atoms with E-state index in [2.05, 4.69) is 14.7 Å². The molecule has 0 fully saturated rings. The van der Waals surface area contributed by atoms with Crippen molar-refractivity contribution in [3.8, 4) is 0 Å². The third-order valence-corrected chi connectivity index (χ3v) is 4.06. The van der Waals surface area contributed by atoms with Crippen molar-refractivity contribution in [2.75, 3.05) is 7.05 Å². The largest absolute Gasteiger partial charge is 0.417 e. The summed E-state index contributed by atoms with van der Waals surface area (Å²) >= 11 is 2.05. The first-order valence-electron chi connectivity index (χ1n) is 5.30. The number of rotatable bonds is 4. The molecule has 3 nitrogen and oxygen atoms in total. The fourth-order valence-electron chi connectivity index (χ4n) is 1.50. The summed E-state index contributed by atoms with van der Waals surface area (Å²) in [5.41, 5.74) is -0.0445. The van der Waals surface area contributed by atoms with E-state index in [1.165, 1.54) is 18.5 Å². The van der Waals surface area contributed by atoms with E-state index < -0.39 is 11.7 Å². The molecule has 0 unspecified atom stereocenters. The van der Waals surface area contributed by atoms with Crippen LogP contribution in [0.1, 0.15) is 11.1 Å². The van der Waals surface area contributed by atoms with Crippen LogP contribution in [-0.4, -0.2) is 16.4 Å². The summed E-state index contributed by atoms with van der Waals surface area (Å²) in [6.45, 7) is 0.396. The lowest BCUT2D eigenvalue weighted by atomic mass is 10.1. The minimum absolute atomic E-state index is 0.143. The van der Waals surface area contributed by atoms with E-state index in [-0.39, 0.29) is 4.90 Å². The Bertz CT molecular complexity index is 541. The number of nitrogens with one attached hydrogen (secondary N) is 1. The molecule has 0 aliphatic rings. The number of alkyl halides is 3. The number of hydrogen-bond acceptors (Lipinski definition) is 5. The van der Waals surface area contributed by atoms with Crippen molar-refractivity contribution in [2.24, 2.45) is 0 Å². The first-order chi connectivity index (χ1) is 9.00. The highest BCUT2D eigenvalue weighted by atomic mass is 32.2. The van der Waals surface area contributed by atoms with E-state index in [0.717, 1.165) is 23.3 Å². The van der Waals surface area contributed by atoms with Gasteiger partial charge < -0.3 is 5.32 Å². The van der Waals surface area contributed by atoms with E-state index in [4.69, 9.17) is 0 Å². The topological polar surface area (TPSA) is 37.8 Å². The van der Waals surface area contributed by atoms with Crippen molar-refractivity contribution in [2.45, 2.75) is 22.0 Å². The van der Waals surface area contributed by atoms with E-state index in [0.29, 0.717) is 16.4 Å². The van der Waals surface area contributed by atoms with Crippen LogP contribution in [0.25, 0.3) is 0 Å². The molecule has 1 heterocycles. The third-order valence-electron chi connectivity index (χ3n) is 2.27. The number of hydrogen-bond donors (Lipinski definition) is 1. The highest BCUT2D eigenvalue weighted by molar-refractivity contribution is 8.01. The standard InChI is InChI=1S/C11H10F3N3S2/c1-15-5-7-2-3-9(8(4-7)11(12,13)14)18-10-16-6-17-19-10/h2-4,6,15H,5H2,1H3. The zero-order chi connectivity index (χ0) is 13.9. The first-order valence-corrected chi connectivity index (χ1v) is 6.89. The van der Waals surface area contributed by atoms with Crippen LogP contribution in [0.2, 0.25) is 0 Å². The molecule has 19 heavy (non-hydrogen) atoms. The number of benzene rings is 1. The van der Waals surface area contributed by atoms with E-state index in [1.807, 2.05) is 0 Å². The first kappa shape index (κ1) is 14.3. The van der Waals surface area contributed by atoms with Gasteiger partial charge in [-0.1, -0.05) is 17.8 Å². The monoisotopic (exact) mass is 305 g/mol. The Labute approximate surface area is 116 Å². The Hall–Kier alpha value is -1.12. The lowest BCUT2D eigenvalue weighted by molar-refractivity contribution is -0.139. The molecule has 0 aliphatic heterocycles. The summed E-state index contributed by atoms with van der Waals surface area (Å²) in [7, 11) is 1.69. The van der Waals surface area contributed by atoms with Gasteiger partial charge >= 0.3 is 6.18 Å². The second kappa shape index (κ2) is 5.89. The third kappa shape index (κ3) is 3.68. The maximum atomic E-state index is 13.0. The Morgan fingerprint density at radius 2 is 2.16 bits per heavy atom. The van der Waals surface area contributed by atoms with Crippen LogP contribution in [-0.2, 0) is 12.7 Å². The fraction of sp³-hybridized carbons (Fsp3) is 0.273. The number of aromatic nitrogens is 2. The highest BCUT2D eigenvalue weighted by Crippen LogP contribution is 2.40. The van der Waals surface area contributed by atoms with Crippen LogP contribution in [0.3, 0.4) is 0 Å². The van der Waals surface area contributed by atoms with Gasteiger partial charge in [-0.15, -0.1) is 0 Å². The molecule has 0 aliphatic carbocycles. The summed E-state index contributed by atoms with van der Waals surface area (Å²) in [4.78, 5) is 4.03. The van der Waals surface area contributed by atoms with Gasteiger partial charge in [0.15, 0.2) is 4.34 Å². The van der Waals surface area contributed by atoms with Gasteiger partial charge in [0.2, 0.25) is 0 Å². The predicted molar refractivity (Wildman–Crippen MR) is 68.2 cm³/mol. The average molecular weight is 305 g/mol. The van der Waals surface area contributed by atoms with Gasteiger partial charge in [-0.25, -0.2) is 4.98 Å². The van der Waals surface area contributed by atoms with Crippen LogP contribution in [0, 0.1) is 0 Å².